The second-order valence-electron chi connectivity index (χ2n) is 10.3. The van der Waals surface area contributed by atoms with E-state index in [9.17, 15) is 19.1 Å². The van der Waals surface area contributed by atoms with Crippen molar-refractivity contribution in [3.63, 3.8) is 0 Å². The number of amides is 1. The minimum atomic E-state index is -0.866. The van der Waals surface area contributed by atoms with Crippen molar-refractivity contribution in [2.45, 2.75) is 58.3 Å². The summed E-state index contributed by atoms with van der Waals surface area (Å²) in [7, 11) is 2.02. The van der Waals surface area contributed by atoms with Crippen molar-refractivity contribution >= 4 is 29.7 Å². The first kappa shape index (κ1) is 29.1. The third kappa shape index (κ3) is 8.83. The van der Waals surface area contributed by atoms with Gasteiger partial charge in [-0.25, -0.2) is 9.18 Å². The second-order valence-corrected chi connectivity index (χ2v) is 10.7. The first-order valence-electron chi connectivity index (χ1n) is 12.9. The van der Waals surface area contributed by atoms with Crippen molar-refractivity contribution in [2.24, 2.45) is 11.8 Å². The monoisotopic (exact) mass is 536 g/mol. The molecule has 0 saturated carbocycles. The van der Waals surface area contributed by atoms with Crippen LogP contribution in [0.3, 0.4) is 0 Å². The Kier molecular flexibility index (Phi) is 10.6. The number of halogens is 2. The minimum absolute atomic E-state index is 0.0607. The van der Waals surface area contributed by atoms with Gasteiger partial charge in [-0.2, -0.15) is 0 Å². The van der Waals surface area contributed by atoms with Gasteiger partial charge >= 0.3 is 12.1 Å². The summed E-state index contributed by atoms with van der Waals surface area (Å²) >= 11 is 6.00. The van der Waals surface area contributed by atoms with Gasteiger partial charge in [-0.15, -0.1) is 0 Å². The summed E-state index contributed by atoms with van der Waals surface area (Å²) in [5, 5.41) is 10.7. The van der Waals surface area contributed by atoms with Gasteiger partial charge in [-0.1, -0.05) is 37.6 Å². The molecule has 5 atom stereocenters. The van der Waals surface area contributed by atoms with Crippen LogP contribution in [0.5, 0.6) is 0 Å². The Morgan fingerprint density at radius 1 is 1.16 bits per heavy atom. The normalized spacial score (nSPS) is 29.6. The summed E-state index contributed by atoms with van der Waals surface area (Å²) in [4.78, 5) is 29.4. The Hall–Kier alpha value is -2.42. The maximum atomic E-state index is 13.9. The quantitative estimate of drug-likeness (QED) is 0.436. The average molecular weight is 537 g/mol. The molecule has 1 amide bonds. The molecule has 2 heterocycles. The van der Waals surface area contributed by atoms with E-state index in [-0.39, 0.29) is 29.4 Å². The van der Waals surface area contributed by atoms with Gasteiger partial charge in [0, 0.05) is 37.1 Å². The maximum Gasteiger partial charge on any atom is 0.410 e. The molecule has 0 radical (unpaired) electrons. The van der Waals surface area contributed by atoms with Crippen LogP contribution in [-0.2, 0) is 14.3 Å². The number of aliphatic hydroxyl groups excluding tert-OH is 1. The largest absolute Gasteiger partial charge is 0.457 e. The summed E-state index contributed by atoms with van der Waals surface area (Å²) in [6.07, 6.45) is 3.92. The molecule has 1 aromatic carbocycles. The first-order valence-corrected chi connectivity index (χ1v) is 13.2. The molecule has 7 nitrogen and oxygen atoms in total. The fraction of sp³-hybridized carbons (Fsp3) is 0.571. The molecule has 0 aliphatic carbocycles. The van der Waals surface area contributed by atoms with Crippen molar-refractivity contribution in [3.8, 4) is 0 Å². The van der Waals surface area contributed by atoms with Crippen molar-refractivity contribution in [1.82, 2.24) is 9.80 Å². The van der Waals surface area contributed by atoms with Gasteiger partial charge in [0.15, 0.2) is 0 Å². The van der Waals surface area contributed by atoms with Gasteiger partial charge in [-0.05, 0) is 68.1 Å². The molecule has 37 heavy (non-hydrogen) atoms. The molecule has 1 aromatic rings. The fourth-order valence-electron chi connectivity index (χ4n) is 4.63. The molecule has 1 fully saturated rings. The maximum absolute atomic E-state index is 13.9. The number of hydrogen-bond donors (Lipinski definition) is 1. The Bertz CT molecular complexity index is 988. The summed E-state index contributed by atoms with van der Waals surface area (Å²) in [5.74, 6) is -1.31. The van der Waals surface area contributed by atoms with E-state index < -0.39 is 30.1 Å². The number of hydrogen-bond acceptors (Lipinski definition) is 6. The lowest BCUT2D eigenvalue weighted by Crippen LogP contribution is -2.48. The summed E-state index contributed by atoms with van der Waals surface area (Å²) in [5.41, 5.74) is 1.24. The molecule has 0 aromatic heterocycles. The van der Waals surface area contributed by atoms with Crippen LogP contribution in [-0.4, -0.2) is 78.5 Å². The van der Waals surface area contributed by atoms with Gasteiger partial charge in [0.1, 0.15) is 18.0 Å². The van der Waals surface area contributed by atoms with Crippen molar-refractivity contribution < 1.29 is 28.6 Å². The van der Waals surface area contributed by atoms with Crippen molar-refractivity contribution in [2.75, 3.05) is 33.2 Å². The second kappa shape index (κ2) is 13.4. The molecule has 2 aliphatic rings. The number of piperazine rings is 1. The van der Waals surface area contributed by atoms with E-state index in [2.05, 4.69) is 4.90 Å². The lowest BCUT2D eigenvalue weighted by atomic mass is 9.91. The van der Waals surface area contributed by atoms with E-state index in [1.165, 1.54) is 12.1 Å². The molecule has 0 spiro atoms. The minimum Gasteiger partial charge on any atom is -0.457 e. The van der Waals surface area contributed by atoms with Crippen LogP contribution in [0.1, 0.15) is 45.6 Å². The number of nitrogens with zero attached hydrogens (tertiary/aromatic N) is 2. The van der Waals surface area contributed by atoms with E-state index >= 15 is 0 Å². The van der Waals surface area contributed by atoms with Crippen molar-refractivity contribution in [3.05, 3.63) is 52.3 Å². The zero-order valence-corrected chi connectivity index (χ0v) is 22.8. The molecular formula is C28H38ClFN2O5. The molecule has 0 unspecified atom stereocenters. The number of cyclic esters (lactones) is 1. The highest BCUT2D eigenvalue weighted by molar-refractivity contribution is 6.30. The lowest BCUT2D eigenvalue weighted by Gasteiger charge is -2.33. The topological polar surface area (TPSA) is 79.3 Å². The molecule has 0 bridgehead atoms. The molecular weight excluding hydrogens is 499 g/mol. The highest BCUT2D eigenvalue weighted by atomic mass is 35.5. The Morgan fingerprint density at radius 3 is 2.54 bits per heavy atom. The highest BCUT2D eigenvalue weighted by Crippen LogP contribution is 2.26. The Balaban J connectivity index is 1.84. The number of benzene rings is 1. The number of likely N-dealkylation sites (N-methyl/N-ethyl adjacent to an activating group) is 1. The number of carbonyl (C=O) groups is 2. The Morgan fingerprint density at radius 2 is 1.86 bits per heavy atom. The van der Waals surface area contributed by atoms with Crippen LogP contribution < -0.4 is 0 Å². The smallest absolute Gasteiger partial charge is 0.410 e. The molecule has 1 N–H and O–H groups in total. The predicted octanol–water partition coefficient (Wildman–Crippen LogP) is 4.92. The number of esters is 1. The number of ether oxygens (including phenoxy) is 2. The third-order valence-electron chi connectivity index (χ3n) is 6.99. The van der Waals surface area contributed by atoms with Crippen LogP contribution in [0.4, 0.5) is 9.18 Å². The van der Waals surface area contributed by atoms with Gasteiger partial charge in [0.25, 0.3) is 0 Å². The van der Waals surface area contributed by atoms with Crippen LogP contribution in [0.15, 0.2) is 35.9 Å². The summed E-state index contributed by atoms with van der Waals surface area (Å²) in [6.45, 7) is 8.49. The molecule has 9 heteroatoms. The van der Waals surface area contributed by atoms with Crippen LogP contribution in [0, 0.1) is 17.7 Å². The number of rotatable bonds is 3. The number of carbonyl (C=O) groups excluding carboxylic acids is 2. The van der Waals surface area contributed by atoms with Gasteiger partial charge in [-0.3, -0.25) is 4.79 Å². The summed E-state index contributed by atoms with van der Waals surface area (Å²) < 4.78 is 25.6. The highest BCUT2D eigenvalue weighted by Gasteiger charge is 2.29. The lowest BCUT2D eigenvalue weighted by molar-refractivity contribution is -0.151. The fourth-order valence-corrected chi connectivity index (χ4v) is 4.86. The zero-order valence-electron chi connectivity index (χ0n) is 22.0. The van der Waals surface area contributed by atoms with Crippen LogP contribution >= 0.6 is 11.6 Å². The predicted molar refractivity (Wildman–Crippen MR) is 142 cm³/mol. The van der Waals surface area contributed by atoms with E-state index in [1.807, 2.05) is 33.0 Å². The molecule has 204 valence electrons. The average Bonchev–Trinajstić information content (AvgIpc) is 2.82. The van der Waals surface area contributed by atoms with E-state index in [4.69, 9.17) is 21.1 Å². The summed E-state index contributed by atoms with van der Waals surface area (Å²) in [6, 6.07) is 4.21. The van der Waals surface area contributed by atoms with E-state index in [0.29, 0.717) is 37.1 Å². The molecule has 3 rings (SSSR count). The first-order chi connectivity index (χ1) is 17.5. The van der Waals surface area contributed by atoms with Crippen LogP contribution in [0.2, 0.25) is 5.02 Å². The SMILES string of the molecule is C/C(=C\c1cc(F)cc(Cl)c1)[C@H]1OC(=O)C[C@H](O)CC[C@H](C)[C@@H](OC(=O)N2CCN(C)CC2)/C=C\[C@@H]1C. The van der Waals surface area contributed by atoms with Gasteiger partial charge < -0.3 is 24.4 Å². The van der Waals surface area contributed by atoms with Gasteiger partial charge in [0.05, 0.1) is 12.5 Å². The Labute approximate surface area is 223 Å². The van der Waals surface area contributed by atoms with Gasteiger partial charge in [0.2, 0.25) is 0 Å². The van der Waals surface area contributed by atoms with Crippen molar-refractivity contribution in [1.29, 1.82) is 0 Å². The molecule has 1 saturated heterocycles. The molecule has 2 aliphatic heterocycles. The standard InChI is InChI=1S/C28H38ClFN2O5/c1-18-5-7-24(33)17-26(34)37-27(20(3)13-21-14-22(29)16-23(30)15-21)19(2)6-8-25(18)36-28(35)32-11-9-31(4)10-12-32/h6,8,13-16,18-19,24-25,27,33H,5,7,9-12,17H2,1-4H3/b8-6-,20-13+/t18-,19-,24+,25-,27-/m0/s1. The zero-order chi connectivity index (χ0) is 27.1. The van der Waals surface area contributed by atoms with E-state index in [1.54, 1.807) is 24.0 Å². The van der Waals surface area contributed by atoms with E-state index in [0.717, 1.165) is 13.1 Å². The third-order valence-corrected chi connectivity index (χ3v) is 7.20. The number of aliphatic hydroxyl groups is 1. The van der Waals surface area contributed by atoms with Crippen LogP contribution in [0.25, 0.3) is 6.08 Å².